The van der Waals surface area contributed by atoms with Gasteiger partial charge in [-0.25, -0.2) is 8.42 Å². The fourth-order valence-corrected chi connectivity index (χ4v) is 5.42. The van der Waals surface area contributed by atoms with E-state index in [1.807, 2.05) is 0 Å². The van der Waals surface area contributed by atoms with Crippen LogP contribution in [-0.4, -0.2) is 39.4 Å². The number of nitro groups is 1. The van der Waals surface area contributed by atoms with Crippen molar-refractivity contribution in [2.24, 2.45) is 5.92 Å². The maximum Gasteiger partial charge on any atom is 0.297 e. The van der Waals surface area contributed by atoms with Crippen LogP contribution in [0.4, 0.5) is 5.69 Å². The molecule has 1 heterocycles. The van der Waals surface area contributed by atoms with E-state index in [0.29, 0.717) is 0 Å². The molecule has 0 aliphatic carbocycles. The zero-order valence-electron chi connectivity index (χ0n) is 11.0. The normalized spacial score (nSPS) is 24.8. The Morgan fingerprint density at radius 2 is 2.00 bits per heavy atom. The topological polar surface area (TPSA) is 121 Å². The highest BCUT2D eigenvalue weighted by molar-refractivity contribution is 7.91. The third-order valence-corrected chi connectivity index (χ3v) is 6.34. The van der Waals surface area contributed by atoms with Crippen molar-refractivity contribution in [3.63, 3.8) is 0 Å². The third-order valence-electron chi connectivity index (χ3n) is 3.14. The number of non-ortho nitro benzene ring substituents is 1. The van der Waals surface area contributed by atoms with Crippen LogP contribution >= 0.6 is 0 Å². The van der Waals surface area contributed by atoms with Crippen molar-refractivity contribution in [3.05, 3.63) is 34.4 Å². The van der Waals surface area contributed by atoms with Gasteiger partial charge in [-0.15, -0.1) is 0 Å². The summed E-state index contributed by atoms with van der Waals surface area (Å²) < 4.78 is 52.0. The van der Waals surface area contributed by atoms with E-state index >= 15 is 0 Å². The molecule has 21 heavy (non-hydrogen) atoms. The van der Waals surface area contributed by atoms with E-state index in [4.69, 9.17) is 4.18 Å². The lowest BCUT2D eigenvalue weighted by atomic mass is 10.1. The number of sulfone groups is 1. The standard InChI is InChI=1S/C11H13NO7S2/c1-8-6-20(15,16)7-11(8)19-21(17,18)10-4-2-3-9(5-10)12(13)14/h2-5,8,11H,6-7H2,1H3/t8-,11+/m0/s1. The number of nitrogens with zero attached hydrogens (tertiary/aromatic N) is 1. The van der Waals surface area contributed by atoms with Crippen LogP contribution in [0.2, 0.25) is 0 Å². The molecular formula is C11H13NO7S2. The number of hydrogen-bond acceptors (Lipinski definition) is 7. The zero-order valence-corrected chi connectivity index (χ0v) is 12.6. The molecule has 0 saturated carbocycles. The molecule has 2 atom stereocenters. The van der Waals surface area contributed by atoms with Crippen LogP contribution in [0.5, 0.6) is 0 Å². The van der Waals surface area contributed by atoms with Gasteiger partial charge in [0.05, 0.1) is 22.5 Å². The Labute approximate surface area is 121 Å². The molecule has 0 radical (unpaired) electrons. The SMILES string of the molecule is C[C@H]1CS(=O)(=O)C[C@H]1OS(=O)(=O)c1cccc([N+](=O)[O-])c1. The van der Waals surface area contributed by atoms with Crippen LogP contribution < -0.4 is 0 Å². The first-order chi connectivity index (χ1) is 9.61. The van der Waals surface area contributed by atoms with Crippen LogP contribution in [-0.2, 0) is 24.1 Å². The molecule has 1 saturated heterocycles. The van der Waals surface area contributed by atoms with Gasteiger partial charge in [0.15, 0.2) is 9.84 Å². The molecule has 0 aromatic heterocycles. The summed E-state index contributed by atoms with van der Waals surface area (Å²) in [4.78, 5) is 9.56. The third kappa shape index (κ3) is 3.57. The van der Waals surface area contributed by atoms with Crippen molar-refractivity contribution < 1.29 is 25.9 Å². The van der Waals surface area contributed by atoms with Crippen molar-refractivity contribution in [3.8, 4) is 0 Å². The van der Waals surface area contributed by atoms with Crippen LogP contribution in [0.25, 0.3) is 0 Å². The molecule has 1 fully saturated rings. The summed E-state index contributed by atoms with van der Waals surface area (Å²) in [6.07, 6.45) is -0.973. The molecular weight excluding hydrogens is 322 g/mol. The van der Waals surface area contributed by atoms with Gasteiger partial charge in [0.2, 0.25) is 0 Å². The summed E-state index contributed by atoms with van der Waals surface area (Å²) in [5.41, 5.74) is -0.383. The Balaban J connectivity index is 2.27. The van der Waals surface area contributed by atoms with Gasteiger partial charge in [0.25, 0.3) is 15.8 Å². The van der Waals surface area contributed by atoms with Crippen molar-refractivity contribution in [2.45, 2.75) is 17.9 Å². The predicted octanol–water partition coefficient (Wildman–Crippen LogP) is 0.733. The lowest BCUT2D eigenvalue weighted by Gasteiger charge is -2.14. The number of rotatable bonds is 4. The van der Waals surface area contributed by atoms with E-state index in [0.717, 1.165) is 18.2 Å². The molecule has 0 bridgehead atoms. The molecule has 1 aliphatic heterocycles. The quantitative estimate of drug-likeness (QED) is 0.452. The van der Waals surface area contributed by atoms with E-state index in [9.17, 15) is 26.9 Å². The Morgan fingerprint density at radius 3 is 2.52 bits per heavy atom. The van der Waals surface area contributed by atoms with Crippen molar-refractivity contribution in [1.29, 1.82) is 0 Å². The van der Waals surface area contributed by atoms with Gasteiger partial charge < -0.3 is 0 Å². The molecule has 0 amide bonds. The number of hydrogen-bond donors (Lipinski definition) is 0. The minimum absolute atomic E-state index is 0.137. The summed E-state index contributed by atoms with van der Waals surface area (Å²) in [6, 6.07) is 4.42. The number of nitro benzene ring substituents is 1. The van der Waals surface area contributed by atoms with E-state index < -0.39 is 36.9 Å². The largest absolute Gasteiger partial charge is 0.297 e. The summed E-state index contributed by atoms with van der Waals surface area (Å²) in [7, 11) is -7.57. The van der Waals surface area contributed by atoms with Crippen molar-refractivity contribution in [1.82, 2.24) is 0 Å². The molecule has 1 aromatic carbocycles. The highest BCUT2D eigenvalue weighted by Gasteiger charge is 2.38. The Kier molecular flexibility index (Phi) is 4.04. The zero-order chi connectivity index (χ0) is 15.8. The lowest BCUT2D eigenvalue weighted by molar-refractivity contribution is -0.385. The van der Waals surface area contributed by atoms with E-state index in [1.165, 1.54) is 6.07 Å². The van der Waals surface area contributed by atoms with Gasteiger partial charge in [-0.1, -0.05) is 13.0 Å². The molecule has 10 heteroatoms. The smallest absolute Gasteiger partial charge is 0.262 e. The monoisotopic (exact) mass is 335 g/mol. The van der Waals surface area contributed by atoms with Crippen molar-refractivity contribution in [2.75, 3.05) is 11.5 Å². The number of benzene rings is 1. The first kappa shape index (κ1) is 15.9. The fraction of sp³-hybridized carbons (Fsp3) is 0.455. The maximum absolute atomic E-state index is 12.1. The highest BCUT2D eigenvalue weighted by Crippen LogP contribution is 2.26. The molecule has 0 unspecified atom stereocenters. The molecule has 1 aromatic rings. The molecule has 2 rings (SSSR count). The highest BCUT2D eigenvalue weighted by atomic mass is 32.2. The summed E-state index contributed by atoms with van der Waals surface area (Å²) >= 11 is 0. The summed E-state index contributed by atoms with van der Waals surface area (Å²) in [6.45, 7) is 1.58. The molecule has 1 aliphatic rings. The molecule has 8 nitrogen and oxygen atoms in total. The van der Waals surface area contributed by atoms with Crippen LogP contribution in [0.15, 0.2) is 29.2 Å². The fourth-order valence-electron chi connectivity index (χ4n) is 2.08. The Morgan fingerprint density at radius 1 is 1.33 bits per heavy atom. The predicted molar refractivity (Wildman–Crippen MR) is 73.0 cm³/mol. The maximum atomic E-state index is 12.1. The average molecular weight is 335 g/mol. The summed E-state index contributed by atoms with van der Waals surface area (Å²) in [5.74, 6) is -0.965. The Bertz CT molecular complexity index is 770. The second-order valence-corrected chi connectivity index (χ2v) is 8.62. The second-order valence-electron chi connectivity index (χ2n) is 4.90. The molecule has 116 valence electrons. The van der Waals surface area contributed by atoms with Crippen molar-refractivity contribution >= 4 is 25.6 Å². The lowest BCUT2D eigenvalue weighted by Crippen LogP contribution is -2.24. The van der Waals surface area contributed by atoms with E-state index in [-0.39, 0.29) is 22.1 Å². The first-order valence-corrected chi connectivity index (χ1v) is 9.22. The average Bonchev–Trinajstić information content (AvgIpc) is 2.61. The summed E-state index contributed by atoms with van der Waals surface area (Å²) in [5, 5.41) is 10.7. The minimum atomic E-state index is -4.25. The second kappa shape index (κ2) is 5.35. The molecule has 0 N–H and O–H groups in total. The van der Waals surface area contributed by atoms with Crippen LogP contribution in [0.1, 0.15) is 6.92 Å². The van der Waals surface area contributed by atoms with Gasteiger partial charge in [0.1, 0.15) is 4.90 Å². The van der Waals surface area contributed by atoms with Crippen LogP contribution in [0.3, 0.4) is 0 Å². The first-order valence-electron chi connectivity index (χ1n) is 5.99. The Hall–Kier alpha value is -1.52. The van der Waals surface area contributed by atoms with Gasteiger partial charge >= 0.3 is 0 Å². The van der Waals surface area contributed by atoms with Gasteiger partial charge in [-0.05, 0) is 12.0 Å². The van der Waals surface area contributed by atoms with Crippen LogP contribution in [0, 0.1) is 16.0 Å². The minimum Gasteiger partial charge on any atom is -0.262 e. The van der Waals surface area contributed by atoms with E-state index in [2.05, 4.69) is 0 Å². The van der Waals surface area contributed by atoms with Gasteiger partial charge in [-0.2, -0.15) is 8.42 Å². The molecule has 0 spiro atoms. The van der Waals surface area contributed by atoms with E-state index in [1.54, 1.807) is 6.92 Å². The van der Waals surface area contributed by atoms with Gasteiger partial charge in [-0.3, -0.25) is 14.3 Å². The van der Waals surface area contributed by atoms with Gasteiger partial charge in [0, 0.05) is 12.1 Å².